The molecule has 0 bridgehead atoms. The van der Waals surface area contributed by atoms with Crippen LogP contribution in [-0.2, 0) is 15.8 Å². The molecular formula is C15H17F3N2O5. The van der Waals surface area contributed by atoms with Gasteiger partial charge in [0.25, 0.3) is 0 Å². The topological polar surface area (TPSA) is 110 Å². The summed E-state index contributed by atoms with van der Waals surface area (Å²) < 4.78 is 38.7. The number of amides is 1. The van der Waals surface area contributed by atoms with E-state index < -0.39 is 23.6 Å². The number of nitrogens with zero attached hydrogens (tertiary/aromatic N) is 1. The first-order valence-corrected chi connectivity index (χ1v) is 7.09. The number of aliphatic hydroxyl groups is 2. The van der Waals surface area contributed by atoms with Crippen molar-refractivity contribution in [2.75, 3.05) is 36.5 Å². The molecule has 1 aromatic carbocycles. The quantitative estimate of drug-likeness (QED) is 0.515. The maximum Gasteiger partial charge on any atom is 0.416 e. The smallest absolute Gasteiger partial charge is 0.416 e. The second kappa shape index (κ2) is 9.04. The molecule has 0 unspecified atom stereocenters. The number of carboxylic acid groups (broad SMARTS) is 1. The van der Waals surface area contributed by atoms with Gasteiger partial charge in [-0.2, -0.15) is 13.2 Å². The first-order chi connectivity index (χ1) is 11.7. The third kappa shape index (κ3) is 6.43. The third-order valence-corrected chi connectivity index (χ3v) is 3.04. The number of halogens is 3. The number of hydrogen-bond acceptors (Lipinski definition) is 5. The SMILES string of the molecule is O=C(O)/C=C\C(=O)Nc1cc(C(F)(F)F)ccc1N(CCO)CCO. The zero-order valence-electron chi connectivity index (χ0n) is 13.0. The van der Waals surface area contributed by atoms with E-state index in [1.807, 2.05) is 0 Å². The fourth-order valence-electron chi connectivity index (χ4n) is 2.00. The summed E-state index contributed by atoms with van der Waals surface area (Å²) in [6, 6.07) is 2.61. The summed E-state index contributed by atoms with van der Waals surface area (Å²) in [5, 5.41) is 28.8. The summed E-state index contributed by atoms with van der Waals surface area (Å²) in [7, 11) is 0. The Hall–Kier alpha value is -2.59. The van der Waals surface area contributed by atoms with Gasteiger partial charge in [0.15, 0.2) is 0 Å². The van der Waals surface area contributed by atoms with Gasteiger partial charge < -0.3 is 25.5 Å². The predicted molar refractivity (Wildman–Crippen MR) is 83.2 cm³/mol. The molecule has 0 aliphatic heterocycles. The van der Waals surface area contributed by atoms with E-state index in [4.69, 9.17) is 15.3 Å². The van der Waals surface area contributed by atoms with Crippen LogP contribution in [0.25, 0.3) is 0 Å². The van der Waals surface area contributed by atoms with Crippen molar-refractivity contribution in [1.29, 1.82) is 0 Å². The molecule has 0 radical (unpaired) electrons. The molecule has 0 atom stereocenters. The molecule has 1 aromatic rings. The molecule has 0 aliphatic rings. The standard InChI is InChI=1S/C15H17F3N2O5/c16-15(17,18)10-1-2-12(20(5-7-21)6-8-22)11(9-10)19-13(23)3-4-14(24)25/h1-4,9,21-22H,5-8H2,(H,19,23)(H,24,25)/b4-3-. The lowest BCUT2D eigenvalue weighted by Crippen LogP contribution is -2.30. The zero-order valence-corrected chi connectivity index (χ0v) is 13.0. The summed E-state index contributed by atoms with van der Waals surface area (Å²) in [5.74, 6) is -2.32. The molecular weight excluding hydrogens is 345 g/mol. The largest absolute Gasteiger partial charge is 0.478 e. The minimum Gasteiger partial charge on any atom is -0.478 e. The second-order valence-electron chi connectivity index (χ2n) is 4.82. The van der Waals surface area contributed by atoms with Crippen molar-refractivity contribution in [3.8, 4) is 0 Å². The maximum absolute atomic E-state index is 12.9. The van der Waals surface area contributed by atoms with Crippen LogP contribution in [-0.4, -0.2) is 53.5 Å². The van der Waals surface area contributed by atoms with Gasteiger partial charge in [-0.25, -0.2) is 4.79 Å². The number of carboxylic acids is 1. The van der Waals surface area contributed by atoms with E-state index in [1.54, 1.807) is 0 Å². The summed E-state index contributed by atoms with van der Waals surface area (Å²) in [6.07, 6.45) is -3.44. The monoisotopic (exact) mass is 362 g/mol. The van der Waals surface area contributed by atoms with Crippen LogP contribution in [0.4, 0.5) is 24.5 Å². The van der Waals surface area contributed by atoms with Crippen molar-refractivity contribution >= 4 is 23.3 Å². The Bertz CT molecular complexity index is 641. The maximum atomic E-state index is 12.9. The Kier molecular flexibility index (Phi) is 7.40. The van der Waals surface area contributed by atoms with Gasteiger partial charge in [0.1, 0.15) is 0 Å². The lowest BCUT2D eigenvalue weighted by molar-refractivity contribution is -0.137. The summed E-state index contributed by atoms with van der Waals surface area (Å²) in [4.78, 5) is 23.5. The number of rotatable bonds is 8. The van der Waals surface area contributed by atoms with E-state index in [1.165, 1.54) is 4.90 Å². The third-order valence-electron chi connectivity index (χ3n) is 3.04. The first kappa shape index (κ1) is 20.5. The van der Waals surface area contributed by atoms with Gasteiger partial charge in [0, 0.05) is 25.2 Å². The van der Waals surface area contributed by atoms with E-state index in [9.17, 15) is 22.8 Å². The van der Waals surface area contributed by atoms with Gasteiger partial charge in [-0.15, -0.1) is 0 Å². The Morgan fingerprint density at radius 1 is 1.12 bits per heavy atom. The summed E-state index contributed by atoms with van der Waals surface area (Å²) >= 11 is 0. The van der Waals surface area contributed by atoms with Crippen molar-refractivity contribution in [1.82, 2.24) is 0 Å². The Morgan fingerprint density at radius 2 is 1.72 bits per heavy atom. The molecule has 0 heterocycles. The van der Waals surface area contributed by atoms with Crippen molar-refractivity contribution in [2.45, 2.75) is 6.18 Å². The molecule has 10 heteroatoms. The molecule has 0 spiro atoms. The van der Waals surface area contributed by atoms with Gasteiger partial charge in [-0.05, 0) is 18.2 Å². The number of alkyl halides is 3. The highest BCUT2D eigenvalue weighted by Gasteiger charge is 2.31. The van der Waals surface area contributed by atoms with E-state index in [0.29, 0.717) is 18.2 Å². The molecule has 1 rings (SSSR count). The normalized spacial score (nSPS) is 11.6. The Morgan fingerprint density at radius 3 is 2.20 bits per heavy atom. The molecule has 25 heavy (non-hydrogen) atoms. The van der Waals surface area contributed by atoms with Crippen LogP contribution in [0, 0.1) is 0 Å². The molecule has 138 valence electrons. The van der Waals surface area contributed by atoms with E-state index in [0.717, 1.165) is 12.1 Å². The van der Waals surface area contributed by atoms with Crippen LogP contribution in [0.3, 0.4) is 0 Å². The first-order valence-electron chi connectivity index (χ1n) is 7.09. The molecule has 7 nitrogen and oxygen atoms in total. The molecule has 0 fully saturated rings. The van der Waals surface area contributed by atoms with Crippen molar-refractivity contribution in [2.24, 2.45) is 0 Å². The van der Waals surface area contributed by atoms with Crippen LogP contribution < -0.4 is 10.2 Å². The number of carbonyl (C=O) groups excluding carboxylic acids is 1. The predicted octanol–water partition coefficient (Wildman–Crippen LogP) is 1.08. The fraction of sp³-hybridized carbons (Fsp3) is 0.333. The lowest BCUT2D eigenvalue weighted by Gasteiger charge is -2.26. The molecule has 0 saturated heterocycles. The average molecular weight is 362 g/mol. The second-order valence-corrected chi connectivity index (χ2v) is 4.82. The highest BCUT2D eigenvalue weighted by atomic mass is 19.4. The molecule has 0 aromatic heterocycles. The average Bonchev–Trinajstić information content (AvgIpc) is 2.52. The Balaban J connectivity index is 3.26. The number of nitrogens with one attached hydrogen (secondary N) is 1. The van der Waals surface area contributed by atoms with Crippen molar-refractivity contribution in [3.63, 3.8) is 0 Å². The Labute approximate surface area is 141 Å². The van der Waals surface area contributed by atoms with Gasteiger partial charge in [-0.1, -0.05) is 0 Å². The summed E-state index contributed by atoms with van der Waals surface area (Å²) in [5.41, 5.74) is -1.09. The van der Waals surface area contributed by atoms with Crippen LogP contribution in [0.15, 0.2) is 30.4 Å². The summed E-state index contributed by atoms with van der Waals surface area (Å²) in [6.45, 7) is -0.625. The number of carbonyl (C=O) groups is 2. The van der Waals surface area contributed by atoms with E-state index >= 15 is 0 Å². The van der Waals surface area contributed by atoms with E-state index in [2.05, 4.69) is 5.32 Å². The molecule has 0 saturated carbocycles. The number of benzene rings is 1. The van der Waals surface area contributed by atoms with Crippen LogP contribution in [0.2, 0.25) is 0 Å². The minimum atomic E-state index is -4.65. The van der Waals surface area contributed by atoms with Crippen LogP contribution in [0.5, 0.6) is 0 Å². The van der Waals surface area contributed by atoms with Gasteiger partial charge in [-0.3, -0.25) is 4.79 Å². The zero-order chi connectivity index (χ0) is 19.0. The highest BCUT2D eigenvalue weighted by Crippen LogP contribution is 2.35. The molecule has 4 N–H and O–H groups in total. The van der Waals surface area contributed by atoms with Gasteiger partial charge in [0.2, 0.25) is 5.91 Å². The lowest BCUT2D eigenvalue weighted by atomic mass is 10.1. The number of aliphatic carboxylic acids is 1. The number of anilines is 2. The minimum absolute atomic E-state index is 0.0137. The number of aliphatic hydroxyl groups excluding tert-OH is 2. The molecule has 1 amide bonds. The number of hydrogen-bond donors (Lipinski definition) is 4. The van der Waals surface area contributed by atoms with E-state index in [-0.39, 0.29) is 37.7 Å². The van der Waals surface area contributed by atoms with Crippen molar-refractivity contribution in [3.05, 3.63) is 35.9 Å². The highest BCUT2D eigenvalue weighted by molar-refractivity contribution is 6.04. The molecule has 0 aliphatic carbocycles. The van der Waals surface area contributed by atoms with Gasteiger partial charge in [0.05, 0.1) is 30.2 Å². The van der Waals surface area contributed by atoms with Crippen molar-refractivity contribution < 1.29 is 38.1 Å². The van der Waals surface area contributed by atoms with Crippen LogP contribution in [0.1, 0.15) is 5.56 Å². The van der Waals surface area contributed by atoms with Crippen LogP contribution >= 0.6 is 0 Å². The fourth-order valence-corrected chi connectivity index (χ4v) is 2.00. The van der Waals surface area contributed by atoms with Gasteiger partial charge >= 0.3 is 12.1 Å².